The maximum absolute atomic E-state index is 9.79. The van der Waals surface area contributed by atoms with Gasteiger partial charge in [-0.15, -0.1) is 0 Å². The molecule has 0 saturated heterocycles. The molecule has 1 aliphatic rings. The van der Waals surface area contributed by atoms with Gasteiger partial charge in [-0.2, -0.15) is 0 Å². The van der Waals surface area contributed by atoms with Crippen LogP contribution in [0.5, 0.6) is 5.75 Å². The first-order chi connectivity index (χ1) is 10.3. The Morgan fingerprint density at radius 2 is 1.52 bits per heavy atom. The van der Waals surface area contributed by atoms with Gasteiger partial charge in [0.2, 0.25) is 0 Å². The van der Waals surface area contributed by atoms with E-state index in [1.807, 2.05) is 18.2 Å². The molecule has 1 aliphatic carbocycles. The lowest BCUT2D eigenvalue weighted by Gasteiger charge is -2.29. The standard InChI is InChI=1S/C19H23NO/c21-19-9-5-4-8-17(19)14-20-18-12-10-16(11-13-18)15-6-2-1-3-7-15/h1-9,16,18,20-21H,10-14H2. The highest BCUT2D eigenvalue weighted by molar-refractivity contribution is 5.31. The molecule has 2 aromatic carbocycles. The molecule has 2 N–H and O–H groups in total. The number of hydrogen-bond donors (Lipinski definition) is 2. The maximum atomic E-state index is 9.79. The molecule has 0 radical (unpaired) electrons. The minimum atomic E-state index is 0.392. The Morgan fingerprint density at radius 1 is 0.857 bits per heavy atom. The summed E-state index contributed by atoms with van der Waals surface area (Å²) in [6.07, 6.45) is 4.94. The molecule has 3 rings (SSSR count). The van der Waals surface area contributed by atoms with Crippen molar-refractivity contribution >= 4 is 0 Å². The van der Waals surface area contributed by atoms with Crippen molar-refractivity contribution in [3.8, 4) is 5.75 Å². The molecule has 2 heteroatoms. The largest absolute Gasteiger partial charge is 0.508 e. The van der Waals surface area contributed by atoms with Gasteiger partial charge in [-0.05, 0) is 43.2 Å². The fourth-order valence-electron chi connectivity index (χ4n) is 3.27. The number of aromatic hydroxyl groups is 1. The van der Waals surface area contributed by atoms with E-state index in [1.165, 1.54) is 31.2 Å². The van der Waals surface area contributed by atoms with Crippen LogP contribution < -0.4 is 5.32 Å². The van der Waals surface area contributed by atoms with E-state index in [4.69, 9.17) is 0 Å². The van der Waals surface area contributed by atoms with E-state index in [9.17, 15) is 5.11 Å². The highest BCUT2D eigenvalue weighted by Crippen LogP contribution is 2.32. The normalized spacial score (nSPS) is 22.1. The van der Waals surface area contributed by atoms with Crippen LogP contribution >= 0.6 is 0 Å². The summed E-state index contributed by atoms with van der Waals surface area (Å²) in [4.78, 5) is 0. The molecule has 0 heterocycles. The molecule has 0 bridgehead atoms. The Labute approximate surface area is 126 Å². The SMILES string of the molecule is Oc1ccccc1CNC1CCC(c2ccccc2)CC1. The Hall–Kier alpha value is -1.80. The van der Waals surface area contributed by atoms with Gasteiger partial charge in [0.25, 0.3) is 0 Å². The van der Waals surface area contributed by atoms with Crippen LogP contribution in [-0.4, -0.2) is 11.1 Å². The number of benzene rings is 2. The van der Waals surface area contributed by atoms with Crippen LogP contribution in [0.2, 0.25) is 0 Å². The second-order valence-corrected chi connectivity index (χ2v) is 5.97. The molecular weight excluding hydrogens is 258 g/mol. The molecule has 1 fully saturated rings. The molecule has 0 aliphatic heterocycles. The van der Waals surface area contributed by atoms with Crippen LogP contribution in [0.3, 0.4) is 0 Å². The average Bonchev–Trinajstić information content (AvgIpc) is 2.55. The highest BCUT2D eigenvalue weighted by atomic mass is 16.3. The number of rotatable bonds is 4. The van der Waals surface area contributed by atoms with Gasteiger partial charge >= 0.3 is 0 Å². The summed E-state index contributed by atoms with van der Waals surface area (Å²) in [6.45, 7) is 0.757. The molecule has 0 amide bonds. The van der Waals surface area contributed by atoms with E-state index in [-0.39, 0.29) is 0 Å². The summed E-state index contributed by atoms with van der Waals surface area (Å²) in [5.41, 5.74) is 2.47. The molecule has 2 nitrogen and oxygen atoms in total. The topological polar surface area (TPSA) is 32.3 Å². The van der Waals surface area contributed by atoms with Crippen molar-refractivity contribution < 1.29 is 5.11 Å². The average molecular weight is 281 g/mol. The van der Waals surface area contributed by atoms with Gasteiger partial charge in [0.1, 0.15) is 5.75 Å². The van der Waals surface area contributed by atoms with Crippen molar-refractivity contribution in [3.05, 3.63) is 65.7 Å². The van der Waals surface area contributed by atoms with E-state index < -0.39 is 0 Å². The van der Waals surface area contributed by atoms with E-state index in [0.717, 1.165) is 18.0 Å². The second kappa shape index (κ2) is 6.77. The summed E-state index contributed by atoms with van der Waals surface area (Å²) in [6, 6.07) is 19.0. The van der Waals surface area contributed by atoms with Gasteiger partial charge in [-0.25, -0.2) is 0 Å². The molecule has 0 atom stereocenters. The van der Waals surface area contributed by atoms with E-state index >= 15 is 0 Å². The van der Waals surface area contributed by atoms with Crippen LogP contribution in [0.1, 0.15) is 42.7 Å². The van der Waals surface area contributed by atoms with Crippen molar-refractivity contribution in [2.24, 2.45) is 0 Å². The van der Waals surface area contributed by atoms with Crippen molar-refractivity contribution in [1.82, 2.24) is 5.32 Å². The van der Waals surface area contributed by atoms with E-state index in [2.05, 4.69) is 35.6 Å². The van der Waals surface area contributed by atoms with Gasteiger partial charge in [-0.1, -0.05) is 48.5 Å². The zero-order valence-corrected chi connectivity index (χ0v) is 12.3. The molecular formula is C19H23NO. The predicted octanol–water partition coefficient (Wildman–Crippen LogP) is 4.21. The third kappa shape index (κ3) is 3.64. The first-order valence-electron chi connectivity index (χ1n) is 7.88. The number of hydrogen-bond acceptors (Lipinski definition) is 2. The van der Waals surface area contributed by atoms with Crippen molar-refractivity contribution in [2.45, 2.75) is 44.2 Å². The lowest BCUT2D eigenvalue weighted by Crippen LogP contribution is -2.32. The van der Waals surface area contributed by atoms with Gasteiger partial charge in [-0.3, -0.25) is 0 Å². The Balaban J connectivity index is 1.49. The summed E-state index contributed by atoms with van der Waals surface area (Å²) in [5.74, 6) is 1.11. The second-order valence-electron chi connectivity index (χ2n) is 5.97. The molecule has 1 saturated carbocycles. The van der Waals surface area contributed by atoms with Crippen LogP contribution in [0, 0.1) is 0 Å². The number of phenols is 1. The van der Waals surface area contributed by atoms with Gasteiger partial charge in [0, 0.05) is 18.2 Å². The zero-order valence-electron chi connectivity index (χ0n) is 12.3. The molecule has 0 aromatic heterocycles. The molecule has 2 aromatic rings. The van der Waals surface area contributed by atoms with Crippen LogP contribution in [0.25, 0.3) is 0 Å². The fraction of sp³-hybridized carbons (Fsp3) is 0.368. The smallest absolute Gasteiger partial charge is 0.120 e. The van der Waals surface area contributed by atoms with Gasteiger partial charge in [0.15, 0.2) is 0 Å². The lowest BCUT2D eigenvalue weighted by molar-refractivity contribution is 0.339. The maximum Gasteiger partial charge on any atom is 0.120 e. The van der Waals surface area contributed by atoms with Gasteiger partial charge < -0.3 is 10.4 Å². The van der Waals surface area contributed by atoms with Crippen LogP contribution in [0.4, 0.5) is 0 Å². The third-order valence-electron chi connectivity index (χ3n) is 4.57. The number of nitrogens with one attached hydrogen (secondary N) is 1. The monoisotopic (exact) mass is 281 g/mol. The minimum Gasteiger partial charge on any atom is -0.508 e. The van der Waals surface area contributed by atoms with Crippen molar-refractivity contribution in [3.63, 3.8) is 0 Å². The zero-order chi connectivity index (χ0) is 14.5. The molecule has 110 valence electrons. The predicted molar refractivity (Wildman–Crippen MR) is 86.4 cm³/mol. The summed E-state index contributed by atoms with van der Waals surface area (Å²) in [7, 11) is 0. The quantitative estimate of drug-likeness (QED) is 0.880. The van der Waals surface area contributed by atoms with E-state index in [1.54, 1.807) is 6.07 Å². The summed E-state index contributed by atoms with van der Waals surface area (Å²) in [5, 5.41) is 13.4. The number of phenolic OH excluding ortho intramolecular Hbond substituents is 1. The molecule has 21 heavy (non-hydrogen) atoms. The Morgan fingerprint density at radius 3 is 2.24 bits per heavy atom. The lowest BCUT2D eigenvalue weighted by atomic mass is 9.82. The molecule has 0 spiro atoms. The van der Waals surface area contributed by atoms with Crippen molar-refractivity contribution in [1.29, 1.82) is 0 Å². The fourth-order valence-corrected chi connectivity index (χ4v) is 3.27. The Kier molecular flexibility index (Phi) is 4.56. The first-order valence-corrected chi connectivity index (χ1v) is 7.88. The van der Waals surface area contributed by atoms with Crippen LogP contribution in [0.15, 0.2) is 54.6 Å². The Bertz CT molecular complexity index is 559. The first kappa shape index (κ1) is 14.2. The number of para-hydroxylation sites is 1. The minimum absolute atomic E-state index is 0.392. The van der Waals surface area contributed by atoms with Crippen LogP contribution in [-0.2, 0) is 6.54 Å². The van der Waals surface area contributed by atoms with Gasteiger partial charge in [0.05, 0.1) is 0 Å². The van der Waals surface area contributed by atoms with Crippen molar-refractivity contribution in [2.75, 3.05) is 0 Å². The third-order valence-corrected chi connectivity index (χ3v) is 4.57. The highest BCUT2D eigenvalue weighted by Gasteiger charge is 2.21. The summed E-state index contributed by atoms with van der Waals surface area (Å²) < 4.78 is 0. The summed E-state index contributed by atoms with van der Waals surface area (Å²) >= 11 is 0. The van der Waals surface area contributed by atoms with E-state index in [0.29, 0.717) is 11.8 Å². The molecule has 0 unspecified atom stereocenters.